The first-order valence-electron chi connectivity index (χ1n) is 9.47. The van der Waals surface area contributed by atoms with Crippen LogP contribution in [0.5, 0.6) is 0 Å². The van der Waals surface area contributed by atoms with Gasteiger partial charge in [-0.3, -0.25) is 9.78 Å². The quantitative estimate of drug-likeness (QED) is 0.379. The van der Waals surface area contributed by atoms with Crippen LogP contribution in [0.25, 0.3) is 17.0 Å². The maximum absolute atomic E-state index is 12.8. The molecule has 0 aliphatic heterocycles. The maximum Gasteiger partial charge on any atom is 0.330 e. The Kier molecular flexibility index (Phi) is 7.08. The molecule has 1 N–H and O–H groups in total. The van der Waals surface area contributed by atoms with Crippen molar-refractivity contribution in [2.75, 3.05) is 11.9 Å². The van der Waals surface area contributed by atoms with Gasteiger partial charge in [0.05, 0.1) is 33.4 Å². The zero-order valence-corrected chi connectivity index (χ0v) is 18.1. The molecule has 0 saturated heterocycles. The van der Waals surface area contributed by atoms with Crippen molar-refractivity contribution in [3.05, 3.63) is 75.4 Å². The number of ether oxygens (including phenoxy) is 1. The Balaban J connectivity index is 2.04. The van der Waals surface area contributed by atoms with Gasteiger partial charge < -0.3 is 10.1 Å². The number of nitrogens with zero attached hydrogens (tertiary/aromatic N) is 1. The average Bonchev–Trinajstić information content (AvgIpc) is 2.72. The van der Waals surface area contributed by atoms with Crippen LogP contribution in [0, 0.1) is 0 Å². The summed E-state index contributed by atoms with van der Waals surface area (Å²) < 4.78 is 4.97. The Morgan fingerprint density at radius 3 is 2.47 bits per heavy atom. The van der Waals surface area contributed by atoms with E-state index in [0.29, 0.717) is 17.8 Å². The average molecular weight is 443 g/mol. The van der Waals surface area contributed by atoms with Gasteiger partial charge in [-0.2, -0.15) is 0 Å². The number of nitrogens with one attached hydrogen (secondary N) is 1. The lowest BCUT2D eigenvalue weighted by Gasteiger charge is -2.13. The van der Waals surface area contributed by atoms with Gasteiger partial charge in [0.15, 0.2) is 0 Å². The maximum atomic E-state index is 12.8. The Bertz CT molecular complexity index is 1120. The minimum Gasteiger partial charge on any atom is -0.463 e. The number of para-hydroxylation sites is 1. The van der Waals surface area contributed by atoms with E-state index in [0.717, 1.165) is 22.9 Å². The standard InChI is InChI=1S/C23H20Cl2N2O3/c1-3-14-13-26-22-16(15(14)11-12-20(28)30-4-2)7-5-10-19(22)27-23(29)21-17(24)8-6-9-18(21)25/h5-13H,3-4H2,1-2H3,(H,27,29)/b12-11+. The second-order valence-corrected chi connectivity index (χ2v) is 7.20. The molecule has 0 radical (unpaired) electrons. The summed E-state index contributed by atoms with van der Waals surface area (Å²) in [4.78, 5) is 29.1. The molecule has 154 valence electrons. The second kappa shape index (κ2) is 9.74. The number of rotatable bonds is 6. The number of hydrogen-bond donors (Lipinski definition) is 1. The van der Waals surface area contributed by atoms with Crippen molar-refractivity contribution in [3.8, 4) is 0 Å². The van der Waals surface area contributed by atoms with E-state index >= 15 is 0 Å². The van der Waals surface area contributed by atoms with Crippen molar-refractivity contribution in [1.82, 2.24) is 4.98 Å². The van der Waals surface area contributed by atoms with Crippen LogP contribution in [0.3, 0.4) is 0 Å². The highest BCUT2D eigenvalue weighted by Gasteiger charge is 2.17. The Morgan fingerprint density at radius 1 is 1.10 bits per heavy atom. The van der Waals surface area contributed by atoms with E-state index in [4.69, 9.17) is 27.9 Å². The van der Waals surface area contributed by atoms with Crippen molar-refractivity contribution in [1.29, 1.82) is 0 Å². The van der Waals surface area contributed by atoms with E-state index in [2.05, 4.69) is 10.3 Å². The number of hydrogen-bond acceptors (Lipinski definition) is 4. The molecule has 1 heterocycles. The molecule has 3 rings (SSSR count). The zero-order valence-electron chi connectivity index (χ0n) is 16.5. The lowest BCUT2D eigenvalue weighted by Crippen LogP contribution is -2.13. The largest absolute Gasteiger partial charge is 0.463 e. The number of fused-ring (bicyclic) bond motifs is 1. The van der Waals surface area contributed by atoms with Crippen molar-refractivity contribution < 1.29 is 14.3 Å². The molecular formula is C23H20Cl2N2O3. The molecule has 0 atom stereocenters. The predicted molar refractivity (Wildman–Crippen MR) is 121 cm³/mol. The van der Waals surface area contributed by atoms with Crippen molar-refractivity contribution >= 4 is 57.7 Å². The molecule has 0 spiro atoms. The van der Waals surface area contributed by atoms with Gasteiger partial charge in [-0.05, 0) is 48.7 Å². The molecule has 3 aromatic rings. The van der Waals surface area contributed by atoms with Crippen LogP contribution >= 0.6 is 23.2 Å². The van der Waals surface area contributed by atoms with Gasteiger partial charge in [0.1, 0.15) is 0 Å². The summed E-state index contributed by atoms with van der Waals surface area (Å²) in [6.45, 7) is 4.07. The predicted octanol–water partition coefficient (Wildman–Crippen LogP) is 5.93. The molecule has 0 bridgehead atoms. The van der Waals surface area contributed by atoms with Crippen LogP contribution in [0.4, 0.5) is 5.69 Å². The van der Waals surface area contributed by atoms with Crippen LogP contribution in [-0.4, -0.2) is 23.5 Å². The lowest BCUT2D eigenvalue weighted by molar-refractivity contribution is -0.137. The van der Waals surface area contributed by atoms with Crippen molar-refractivity contribution in [2.24, 2.45) is 0 Å². The monoisotopic (exact) mass is 442 g/mol. The van der Waals surface area contributed by atoms with E-state index in [1.807, 2.05) is 19.1 Å². The molecule has 5 nitrogen and oxygen atoms in total. The van der Waals surface area contributed by atoms with Gasteiger partial charge in [0, 0.05) is 17.7 Å². The SMILES string of the molecule is CCOC(=O)/C=C/c1c(CC)cnc2c(NC(=O)c3c(Cl)cccc3Cl)cccc12. The van der Waals surface area contributed by atoms with Crippen LogP contribution in [0.1, 0.15) is 35.3 Å². The van der Waals surface area contributed by atoms with E-state index in [9.17, 15) is 9.59 Å². The van der Waals surface area contributed by atoms with E-state index in [-0.39, 0.29) is 15.6 Å². The first-order valence-corrected chi connectivity index (χ1v) is 10.2. The van der Waals surface area contributed by atoms with Crippen molar-refractivity contribution in [3.63, 3.8) is 0 Å². The number of pyridine rings is 1. The number of anilines is 1. The summed E-state index contributed by atoms with van der Waals surface area (Å²) in [7, 11) is 0. The number of benzene rings is 2. The summed E-state index contributed by atoms with van der Waals surface area (Å²) in [6, 6.07) is 10.3. The fourth-order valence-electron chi connectivity index (χ4n) is 3.11. The van der Waals surface area contributed by atoms with Crippen LogP contribution in [-0.2, 0) is 16.0 Å². The van der Waals surface area contributed by atoms with Gasteiger partial charge >= 0.3 is 5.97 Å². The molecule has 0 unspecified atom stereocenters. The normalized spacial score (nSPS) is 11.1. The smallest absolute Gasteiger partial charge is 0.330 e. The second-order valence-electron chi connectivity index (χ2n) is 6.39. The fourth-order valence-corrected chi connectivity index (χ4v) is 3.67. The highest BCUT2D eigenvalue weighted by Crippen LogP contribution is 2.30. The summed E-state index contributed by atoms with van der Waals surface area (Å²) in [5.41, 5.74) is 3.13. The highest BCUT2D eigenvalue weighted by atomic mass is 35.5. The Morgan fingerprint density at radius 2 is 1.80 bits per heavy atom. The minimum absolute atomic E-state index is 0.199. The number of carbonyl (C=O) groups excluding carboxylic acids is 2. The van der Waals surface area contributed by atoms with Crippen LogP contribution in [0.2, 0.25) is 10.0 Å². The van der Waals surface area contributed by atoms with Crippen molar-refractivity contribution in [2.45, 2.75) is 20.3 Å². The molecule has 2 aromatic carbocycles. The molecule has 0 aliphatic carbocycles. The first-order chi connectivity index (χ1) is 14.5. The number of aryl methyl sites for hydroxylation is 1. The molecule has 1 amide bonds. The number of amides is 1. The van der Waals surface area contributed by atoms with Gasteiger partial charge in [-0.1, -0.05) is 48.3 Å². The Labute approximate surface area is 184 Å². The zero-order chi connectivity index (χ0) is 21.7. The van der Waals surface area contributed by atoms with E-state index in [1.165, 1.54) is 6.08 Å². The summed E-state index contributed by atoms with van der Waals surface area (Å²) >= 11 is 12.3. The fraction of sp³-hybridized carbons (Fsp3) is 0.174. The van der Waals surface area contributed by atoms with E-state index < -0.39 is 11.9 Å². The van der Waals surface area contributed by atoms with Gasteiger partial charge in [0.25, 0.3) is 5.91 Å². The number of esters is 1. The molecular weight excluding hydrogens is 423 g/mol. The number of halogens is 2. The molecule has 1 aromatic heterocycles. The lowest BCUT2D eigenvalue weighted by atomic mass is 10.0. The van der Waals surface area contributed by atoms with Crippen LogP contribution < -0.4 is 5.32 Å². The highest BCUT2D eigenvalue weighted by molar-refractivity contribution is 6.40. The topological polar surface area (TPSA) is 68.3 Å². The van der Waals surface area contributed by atoms with Gasteiger partial charge in [-0.25, -0.2) is 4.79 Å². The summed E-state index contributed by atoms with van der Waals surface area (Å²) in [5.74, 6) is -0.842. The minimum atomic E-state index is -0.428. The Hall–Kier alpha value is -2.89. The molecule has 0 aliphatic rings. The summed E-state index contributed by atoms with van der Waals surface area (Å²) in [5, 5.41) is 4.18. The van der Waals surface area contributed by atoms with E-state index in [1.54, 1.807) is 43.5 Å². The first kappa shape index (κ1) is 21.8. The van der Waals surface area contributed by atoms with Crippen LogP contribution in [0.15, 0.2) is 48.7 Å². The molecule has 30 heavy (non-hydrogen) atoms. The number of aromatic nitrogens is 1. The molecule has 7 heteroatoms. The summed E-state index contributed by atoms with van der Waals surface area (Å²) in [6.07, 6.45) is 5.59. The third-order valence-electron chi connectivity index (χ3n) is 4.51. The van der Waals surface area contributed by atoms with Gasteiger partial charge in [0.2, 0.25) is 0 Å². The number of carbonyl (C=O) groups is 2. The van der Waals surface area contributed by atoms with Gasteiger partial charge in [-0.15, -0.1) is 0 Å². The molecule has 0 saturated carbocycles. The molecule has 0 fully saturated rings. The third-order valence-corrected chi connectivity index (χ3v) is 5.14. The third kappa shape index (κ3) is 4.64.